The van der Waals surface area contributed by atoms with Crippen LogP contribution in [0.2, 0.25) is 0 Å². The molecule has 2 fully saturated rings. The molecule has 0 aromatic carbocycles. The van der Waals surface area contributed by atoms with Gasteiger partial charge in [0.05, 0.1) is 0 Å². The molecule has 1 aliphatic heterocycles. The first-order chi connectivity index (χ1) is 8.36. The summed E-state index contributed by atoms with van der Waals surface area (Å²) in [6, 6.07) is 0. The van der Waals surface area contributed by atoms with Gasteiger partial charge in [0, 0.05) is 32.1 Å². The lowest BCUT2D eigenvalue weighted by atomic mass is 9.82. The molecular weight excluding hydrogens is 218 g/mol. The Bertz CT molecular complexity index is 406. The summed E-state index contributed by atoms with van der Waals surface area (Å²) in [4.78, 5) is 18.3. The zero-order chi connectivity index (χ0) is 11.7. The summed E-state index contributed by atoms with van der Waals surface area (Å²) >= 11 is 0. The van der Waals surface area contributed by atoms with Gasteiger partial charge in [-0.3, -0.25) is 4.79 Å². The first-order valence-corrected chi connectivity index (χ1v) is 6.29. The Morgan fingerprint density at radius 2 is 2.18 bits per heavy atom. The second kappa shape index (κ2) is 4.49. The number of nitrogens with zero attached hydrogens (tertiary/aromatic N) is 2. The van der Waals surface area contributed by atoms with Gasteiger partial charge in [-0.2, -0.15) is 0 Å². The Morgan fingerprint density at radius 1 is 1.41 bits per heavy atom. The van der Waals surface area contributed by atoms with Crippen molar-refractivity contribution in [3.8, 4) is 0 Å². The van der Waals surface area contributed by atoms with Gasteiger partial charge < -0.3 is 14.6 Å². The molecule has 3 rings (SSSR count). The molecule has 92 valence electrons. The van der Waals surface area contributed by atoms with E-state index >= 15 is 0 Å². The fraction of sp³-hybridized carbons (Fsp3) is 0.667. The topological polar surface area (TPSA) is 58.4 Å². The normalized spacial score (nSPS) is 21.3. The molecule has 0 bridgehead atoms. The molecule has 1 saturated heterocycles. The minimum Gasteiger partial charge on any atom is -0.447 e. The average molecular weight is 235 g/mol. The molecule has 1 aromatic heterocycles. The fourth-order valence-corrected chi connectivity index (χ4v) is 2.39. The van der Waals surface area contributed by atoms with Crippen molar-refractivity contribution in [1.29, 1.82) is 0 Å². The van der Waals surface area contributed by atoms with Crippen LogP contribution < -0.4 is 5.32 Å². The molecule has 5 nitrogen and oxygen atoms in total. The highest BCUT2D eigenvalue weighted by Crippen LogP contribution is 2.38. The summed E-state index contributed by atoms with van der Waals surface area (Å²) in [6.07, 6.45) is 4.88. The third-order valence-electron chi connectivity index (χ3n) is 3.68. The van der Waals surface area contributed by atoms with E-state index in [9.17, 15) is 4.79 Å². The third-order valence-corrected chi connectivity index (χ3v) is 3.68. The number of hydrogen-bond acceptors (Lipinski definition) is 4. The molecule has 1 amide bonds. The number of nitrogens with one attached hydrogen (secondary N) is 1. The number of amides is 1. The molecule has 1 saturated carbocycles. The van der Waals surface area contributed by atoms with Gasteiger partial charge in [0.2, 0.25) is 0 Å². The first kappa shape index (κ1) is 10.8. The number of rotatable bonds is 2. The lowest BCUT2D eigenvalue weighted by molar-refractivity contribution is 0.0726. The molecular formula is C12H17N3O2. The third kappa shape index (κ3) is 1.95. The van der Waals surface area contributed by atoms with Gasteiger partial charge in [-0.15, -0.1) is 0 Å². The number of carbonyl (C=O) groups is 1. The summed E-state index contributed by atoms with van der Waals surface area (Å²) in [6.45, 7) is 3.25. The van der Waals surface area contributed by atoms with E-state index in [0.29, 0.717) is 11.6 Å². The van der Waals surface area contributed by atoms with Crippen molar-refractivity contribution in [3.63, 3.8) is 0 Å². The van der Waals surface area contributed by atoms with Gasteiger partial charge in [0.25, 0.3) is 5.91 Å². The first-order valence-electron chi connectivity index (χ1n) is 6.29. The van der Waals surface area contributed by atoms with E-state index in [4.69, 9.17) is 4.42 Å². The maximum Gasteiger partial charge on any atom is 0.276 e. The van der Waals surface area contributed by atoms with E-state index in [0.717, 1.165) is 44.8 Å². The van der Waals surface area contributed by atoms with Crippen molar-refractivity contribution >= 4 is 5.91 Å². The molecule has 0 radical (unpaired) electrons. The van der Waals surface area contributed by atoms with Crippen LogP contribution in [-0.2, 0) is 0 Å². The quantitative estimate of drug-likeness (QED) is 0.830. The molecule has 5 heteroatoms. The van der Waals surface area contributed by atoms with Crippen LogP contribution in [-0.4, -0.2) is 42.0 Å². The minimum absolute atomic E-state index is 0.0298. The molecule has 0 atom stereocenters. The Labute approximate surface area is 100 Å². The number of hydrogen-bond donors (Lipinski definition) is 1. The SMILES string of the molecule is O=C(c1ncoc1C1CCC1)N1CCNCC1. The maximum atomic E-state index is 12.3. The van der Waals surface area contributed by atoms with E-state index in [-0.39, 0.29) is 5.91 Å². The highest BCUT2D eigenvalue weighted by Gasteiger charge is 2.31. The zero-order valence-electron chi connectivity index (χ0n) is 9.82. The van der Waals surface area contributed by atoms with E-state index in [1.54, 1.807) is 0 Å². The number of oxazole rings is 1. The van der Waals surface area contributed by atoms with Gasteiger partial charge in [0.1, 0.15) is 5.76 Å². The lowest BCUT2D eigenvalue weighted by Crippen LogP contribution is -2.46. The van der Waals surface area contributed by atoms with E-state index in [1.807, 2.05) is 4.90 Å². The molecule has 0 spiro atoms. The van der Waals surface area contributed by atoms with Gasteiger partial charge >= 0.3 is 0 Å². The summed E-state index contributed by atoms with van der Waals surface area (Å²) in [5, 5.41) is 3.24. The number of piperazine rings is 1. The molecule has 1 aromatic rings. The molecule has 17 heavy (non-hydrogen) atoms. The smallest absolute Gasteiger partial charge is 0.276 e. The van der Waals surface area contributed by atoms with Gasteiger partial charge in [-0.05, 0) is 12.8 Å². The van der Waals surface area contributed by atoms with Crippen LogP contribution in [0.5, 0.6) is 0 Å². The highest BCUT2D eigenvalue weighted by atomic mass is 16.3. The van der Waals surface area contributed by atoms with Crippen LogP contribution in [0.25, 0.3) is 0 Å². The fourth-order valence-electron chi connectivity index (χ4n) is 2.39. The Morgan fingerprint density at radius 3 is 2.82 bits per heavy atom. The predicted octanol–water partition coefficient (Wildman–Crippen LogP) is 0.988. The van der Waals surface area contributed by atoms with Crippen LogP contribution in [0.1, 0.15) is 41.4 Å². The van der Waals surface area contributed by atoms with Crippen molar-refractivity contribution in [3.05, 3.63) is 17.8 Å². The van der Waals surface area contributed by atoms with Gasteiger partial charge in [-0.1, -0.05) is 6.42 Å². The minimum atomic E-state index is 0.0298. The van der Waals surface area contributed by atoms with Crippen LogP contribution in [0, 0.1) is 0 Å². The molecule has 1 N–H and O–H groups in total. The zero-order valence-corrected chi connectivity index (χ0v) is 9.82. The number of aromatic nitrogens is 1. The van der Waals surface area contributed by atoms with Gasteiger partial charge in [0.15, 0.2) is 12.1 Å². The predicted molar refractivity (Wildman–Crippen MR) is 61.9 cm³/mol. The summed E-state index contributed by atoms with van der Waals surface area (Å²) in [7, 11) is 0. The van der Waals surface area contributed by atoms with Crippen molar-refractivity contribution in [2.24, 2.45) is 0 Å². The summed E-state index contributed by atoms with van der Waals surface area (Å²) in [5.74, 6) is 1.25. The maximum absolute atomic E-state index is 12.3. The summed E-state index contributed by atoms with van der Waals surface area (Å²) in [5.41, 5.74) is 0.539. The van der Waals surface area contributed by atoms with E-state index in [2.05, 4.69) is 10.3 Å². The second-order valence-corrected chi connectivity index (χ2v) is 4.74. The Balaban J connectivity index is 1.78. The van der Waals surface area contributed by atoms with E-state index < -0.39 is 0 Å². The van der Waals surface area contributed by atoms with Crippen LogP contribution in [0.3, 0.4) is 0 Å². The number of carbonyl (C=O) groups excluding carboxylic acids is 1. The van der Waals surface area contributed by atoms with Crippen LogP contribution in [0.15, 0.2) is 10.8 Å². The highest BCUT2D eigenvalue weighted by molar-refractivity contribution is 5.93. The molecule has 1 aliphatic carbocycles. The monoisotopic (exact) mass is 235 g/mol. The van der Waals surface area contributed by atoms with Crippen molar-refractivity contribution in [1.82, 2.24) is 15.2 Å². The Hall–Kier alpha value is -1.36. The van der Waals surface area contributed by atoms with Crippen molar-refractivity contribution < 1.29 is 9.21 Å². The van der Waals surface area contributed by atoms with Gasteiger partial charge in [-0.25, -0.2) is 4.98 Å². The lowest BCUT2D eigenvalue weighted by Gasteiger charge is -2.28. The molecule has 2 aliphatic rings. The molecule has 2 heterocycles. The standard InChI is InChI=1S/C12H17N3O2/c16-12(15-6-4-13-5-7-15)10-11(17-8-14-10)9-2-1-3-9/h8-9,13H,1-7H2. The average Bonchev–Trinajstić information content (AvgIpc) is 2.76. The molecule has 0 unspecified atom stereocenters. The largest absolute Gasteiger partial charge is 0.447 e. The van der Waals surface area contributed by atoms with Crippen LogP contribution >= 0.6 is 0 Å². The van der Waals surface area contributed by atoms with Crippen molar-refractivity contribution in [2.75, 3.05) is 26.2 Å². The Kier molecular flexibility index (Phi) is 2.84. The van der Waals surface area contributed by atoms with E-state index in [1.165, 1.54) is 12.8 Å². The van der Waals surface area contributed by atoms with Crippen LogP contribution in [0.4, 0.5) is 0 Å². The second-order valence-electron chi connectivity index (χ2n) is 4.74. The summed E-state index contributed by atoms with van der Waals surface area (Å²) < 4.78 is 5.41. The van der Waals surface area contributed by atoms with Crippen molar-refractivity contribution in [2.45, 2.75) is 25.2 Å².